The van der Waals surface area contributed by atoms with E-state index < -0.39 is 6.04 Å². The first kappa shape index (κ1) is 15.9. The van der Waals surface area contributed by atoms with Crippen molar-refractivity contribution in [3.8, 4) is 0 Å². The van der Waals surface area contributed by atoms with E-state index >= 15 is 0 Å². The van der Waals surface area contributed by atoms with E-state index in [0.29, 0.717) is 16.8 Å². The summed E-state index contributed by atoms with van der Waals surface area (Å²) in [5, 5.41) is 4.03. The van der Waals surface area contributed by atoms with Gasteiger partial charge in [0, 0.05) is 26.5 Å². The number of nitrogens with zero attached hydrogens (tertiary/aromatic N) is 4. The molecule has 2 heterocycles. The molecule has 0 N–H and O–H groups in total. The lowest BCUT2D eigenvalue weighted by Crippen LogP contribution is -2.32. The molecule has 1 amide bonds. The summed E-state index contributed by atoms with van der Waals surface area (Å²) in [6.45, 7) is 0. The number of rotatable bonds is 4. The Labute approximate surface area is 139 Å². The third kappa shape index (κ3) is 3.17. The number of hydrogen-bond donors (Lipinski definition) is 0. The van der Waals surface area contributed by atoms with Crippen LogP contribution in [0, 0.1) is 5.82 Å². The number of hydrogen-bond acceptors (Lipinski definition) is 3. The number of carbonyl (C=O) groups is 1. The molecule has 0 bridgehead atoms. The van der Waals surface area contributed by atoms with Gasteiger partial charge in [-0.2, -0.15) is 5.10 Å². The Bertz CT molecular complexity index is 847. The van der Waals surface area contributed by atoms with E-state index in [2.05, 4.69) is 10.1 Å². The van der Waals surface area contributed by atoms with Crippen LogP contribution in [0.2, 0.25) is 0 Å². The standard InChI is InChI=1S/C18H17FN4O/c1-22-12-14(11-21-22)18(24)23(2)17(16-8-3-4-9-20-16)13-6-5-7-15(19)10-13/h3-12,17H,1-2H3/t17-/m1/s1. The van der Waals surface area contributed by atoms with E-state index in [1.54, 1.807) is 54.3 Å². The Hall–Kier alpha value is -3.02. The van der Waals surface area contributed by atoms with Crippen LogP contribution in [-0.2, 0) is 7.05 Å². The molecule has 0 fully saturated rings. The normalized spacial score (nSPS) is 12.0. The predicted molar refractivity (Wildman–Crippen MR) is 87.8 cm³/mol. The molecule has 2 aromatic heterocycles. The molecular weight excluding hydrogens is 307 g/mol. The Kier molecular flexibility index (Phi) is 4.37. The number of amides is 1. The summed E-state index contributed by atoms with van der Waals surface area (Å²) >= 11 is 0. The van der Waals surface area contributed by atoms with Crippen LogP contribution >= 0.6 is 0 Å². The summed E-state index contributed by atoms with van der Waals surface area (Å²) in [5.74, 6) is -0.557. The van der Waals surface area contributed by atoms with Crippen LogP contribution in [0.3, 0.4) is 0 Å². The van der Waals surface area contributed by atoms with Crippen LogP contribution in [0.5, 0.6) is 0 Å². The number of halogens is 1. The van der Waals surface area contributed by atoms with Crippen LogP contribution in [-0.4, -0.2) is 32.6 Å². The Balaban J connectivity index is 2.02. The van der Waals surface area contributed by atoms with Gasteiger partial charge in [0.05, 0.1) is 23.5 Å². The van der Waals surface area contributed by atoms with Crippen LogP contribution in [0.15, 0.2) is 61.1 Å². The van der Waals surface area contributed by atoms with Crippen molar-refractivity contribution in [3.05, 3.63) is 83.7 Å². The summed E-state index contributed by atoms with van der Waals surface area (Å²) < 4.78 is 15.3. The van der Waals surface area contributed by atoms with Crippen molar-refractivity contribution in [2.45, 2.75) is 6.04 Å². The first-order valence-electron chi connectivity index (χ1n) is 7.48. The van der Waals surface area contributed by atoms with E-state index in [-0.39, 0.29) is 11.7 Å². The zero-order valence-electron chi connectivity index (χ0n) is 13.4. The van der Waals surface area contributed by atoms with Crippen molar-refractivity contribution in [2.24, 2.45) is 7.05 Å². The van der Waals surface area contributed by atoms with E-state index in [1.807, 2.05) is 12.1 Å². The molecule has 0 saturated carbocycles. The van der Waals surface area contributed by atoms with Gasteiger partial charge in [0.25, 0.3) is 5.91 Å². The van der Waals surface area contributed by atoms with Gasteiger partial charge in [0.1, 0.15) is 5.82 Å². The second-order valence-corrected chi connectivity index (χ2v) is 5.53. The van der Waals surface area contributed by atoms with E-state index in [1.165, 1.54) is 18.3 Å². The fourth-order valence-corrected chi connectivity index (χ4v) is 2.66. The average Bonchev–Trinajstić information content (AvgIpc) is 3.02. The fourth-order valence-electron chi connectivity index (χ4n) is 2.66. The minimum Gasteiger partial charge on any atom is -0.329 e. The highest BCUT2D eigenvalue weighted by Gasteiger charge is 2.26. The zero-order chi connectivity index (χ0) is 17.1. The highest BCUT2D eigenvalue weighted by Crippen LogP contribution is 2.27. The van der Waals surface area contributed by atoms with Crippen molar-refractivity contribution >= 4 is 5.91 Å². The van der Waals surface area contributed by atoms with Crippen LogP contribution < -0.4 is 0 Å². The van der Waals surface area contributed by atoms with Crippen molar-refractivity contribution in [3.63, 3.8) is 0 Å². The second-order valence-electron chi connectivity index (χ2n) is 5.53. The third-order valence-corrected chi connectivity index (χ3v) is 3.79. The lowest BCUT2D eigenvalue weighted by molar-refractivity contribution is 0.0752. The number of benzene rings is 1. The highest BCUT2D eigenvalue weighted by atomic mass is 19.1. The molecule has 0 saturated heterocycles. The molecule has 1 aromatic carbocycles. The third-order valence-electron chi connectivity index (χ3n) is 3.79. The van der Waals surface area contributed by atoms with Crippen molar-refractivity contribution in [2.75, 3.05) is 7.05 Å². The maximum atomic E-state index is 13.7. The number of aromatic nitrogens is 3. The van der Waals surface area contributed by atoms with Gasteiger partial charge in [-0.05, 0) is 29.8 Å². The van der Waals surface area contributed by atoms with E-state index in [0.717, 1.165) is 0 Å². The zero-order valence-corrected chi connectivity index (χ0v) is 13.4. The molecule has 0 aliphatic heterocycles. The molecule has 3 rings (SSSR count). The minimum absolute atomic E-state index is 0.206. The van der Waals surface area contributed by atoms with Gasteiger partial charge in [-0.15, -0.1) is 0 Å². The monoisotopic (exact) mass is 324 g/mol. The largest absolute Gasteiger partial charge is 0.329 e. The summed E-state index contributed by atoms with van der Waals surface area (Å²) in [6, 6.07) is 11.2. The fraction of sp³-hybridized carbons (Fsp3) is 0.167. The summed E-state index contributed by atoms with van der Waals surface area (Å²) in [7, 11) is 3.43. The van der Waals surface area contributed by atoms with Gasteiger partial charge in [-0.25, -0.2) is 4.39 Å². The Morgan fingerprint density at radius 1 is 1.25 bits per heavy atom. The lowest BCUT2D eigenvalue weighted by Gasteiger charge is -2.28. The molecule has 6 heteroatoms. The van der Waals surface area contributed by atoms with Crippen molar-refractivity contribution in [1.82, 2.24) is 19.7 Å². The molecule has 24 heavy (non-hydrogen) atoms. The van der Waals surface area contributed by atoms with Crippen LogP contribution in [0.1, 0.15) is 27.7 Å². The van der Waals surface area contributed by atoms with Gasteiger partial charge in [0.2, 0.25) is 0 Å². The molecular formula is C18H17FN4O. The molecule has 5 nitrogen and oxygen atoms in total. The smallest absolute Gasteiger partial charge is 0.257 e. The number of pyridine rings is 1. The first-order chi connectivity index (χ1) is 11.6. The van der Waals surface area contributed by atoms with Crippen LogP contribution in [0.4, 0.5) is 4.39 Å². The molecule has 1 atom stereocenters. The Morgan fingerprint density at radius 2 is 2.08 bits per heavy atom. The number of aryl methyl sites for hydroxylation is 1. The average molecular weight is 324 g/mol. The number of carbonyl (C=O) groups excluding carboxylic acids is 1. The first-order valence-corrected chi connectivity index (χ1v) is 7.48. The van der Waals surface area contributed by atoms with Crippen molar-refractivity contribution < 1.29 is 9.18 Å². The molecule has 3 aromatic rings. The summed E-state index contributed by atoms with van der Waals surface area (Å²) in [4.78, 5) is 18.7. The molecule has 0 aliphatic rings. The quantitative estimate of drug-likeness (QED) is 0.741. The maximum Gasteiger partial charge on any atom is 0.257 e. The lowest BCUT2D eigenvalue weighted by atomic mass is 10.0. The molecule has 0 aliphatic carbocycles. The van der Waals surface area contributed by atoms with Crippen molar-refractivity contribution in [1.29, 1.82) is 0 Å². The van der Waals surface area contributed by atoms with E-state index in [4.69, 9.17) is 0 Å². The second kappa shape index (κ2) is 6.62. The molecule has 0 radical (unpaired) electrons. The van der Waals surface area contributed by atoms with Gasteiger partial charge >= 0.3 is 0 Å². The Morgan fingerprint density at radius 3 is 2.71 bits per heavy atom. The van der Waals surface area contributed by atoms with Gasteiger partial charge in [-0.1, -0.05) is 18.2 Å². The summed E-state index contributed by atoms with van der Waals surface area (Å²) in [5.41, 5.74) is 1.80. The van der Waals surface area contributed by atoms with Gasteiger partial charge < -0.3 is 4.90 Å². The maximum absolute atomic E-state index is 13.7. The van der Waals surface area contributed by atoms with Gasteiger partial charge in [-0.3, -0.25) is 14.5 Å². The summed E-state index contributed by atoms with van der Waals surface area (Å²) in [6.07, 6.45) is 4.82. The molecule has 122 valence electrons. The van der Waals surface area contributed by atoms with Crippen LogP contribution in [0.25, 0.3) is 0 Å². The SMILES string of the molecule is CN(C(=O)c1cnn(C)c1)[C@H](c1cccc(F)c1)c1ccccn1. The van der Waals surface area contributed by atoms with E-state index in [9.17, 15) is 9.18 Å². The molecule has 0 unspecified atom stereocenters. The minimum atomic E-state index is -0.491. The highest BCUT2D eigenvalue weighted by molar-refractivity contribution is 5.94. The van der Waals surface area contributed by atoms with Gasteiger partial charge in [0.15, 0.2) is 0 Å². The molecule has 0 spiro atoms. The predicted octanol–water partition coefficient (Wildman–Crippen LogP) is 2.82. The topological polar surface area (TPSA) is 51.0 Å².